The van der Waals surface area contributed by atoms with Gasteiger partial charge in [-0.1, -0.05) is 12.1 Å². The summed E-state index contributed by atoms with van der Waals surface area (Å²) in [5, 5.41) is 0.421. The quantitative estimate of drug-likeness (QED) is 0.327. The lowest BCUT2D eigenvalue weighted by atomic mass is 10.2. The van der Waals surface area contributed by atoms with Gasteiger partial charge in [0, 0.05) is 25.8 Å². The van der Waals surface area contributed by atoms with Crippen LogP contribution in [0.4, 0.5) is 0 Å². The molecule has 9 heteroatoms. The molecule has 0 spiro atoms. The standard InChI is InChI=1S/C25H25N5O4/c1-4-34-13-7-12-29-15-26-23-21(25(29)31)22-24(28-18-9-6-5-8-17(18)27-22)30(23)19-11-10-16(32-2)14-20(19)33-3/h5-6,8-11,14-15H,4,7,12-13H2,1-3H3. The maximum absolute atomic E-state index is 13.6. The molecule has 0 unspecified atom stereocenters. The minimum absolute atomic E-state index is 0.165. The van der Waals surface area contributed by atoms with Crippen LogP contribution in [0.2, 0.25) is 0 Å². The first kappa shape index (κ1) is 21.8. The second kappa shape index (κ2) is 9.11. The van der Waals surface area contributed by atoms with E-state index < -0.39 is 0 Å². The molecule has 174 valence electrons. The van der Waals surface area contributed by atoms with Crippen LogP contribution >= 0.6 is 0 Å². The molecule has 2 aromatic carbocycles. The number of aromatic nitrogens is 5. The smallest absolute Gasteiger partial charge is 0.265 e. The van der Waals surface area contributed by atoms with E-state index in [4.69, 9.17) is 24.2 Å². The van der Waals surface area contributed by atoms with E-state index in [0.29, 0.717) is 71.1 Å². The van der Waals surface area contributed by atoms with Gasteiger partial charge in [0.05, 0.1) is 37.3 Å². The summed E-state index contributed by atoms with van der Waals surface area (Å²) in [6, 6.07) is 13.1. The van der Waals surface area contributed by atoms with Crippen molar-refractivity contribution in [2.75, 3.05) is 27.4 Å². The Bertz CT molecular complexity index is 1560. The summed E-state index contributed by atoms with van der Waals surface area (Å²) in [6.07, 6.45) is 2.28. The zero-order valence-electron chi connectivity index (χ0n) is 19.3. The number of para-hydroxylation sites is 2. The SMILES string of the molecule is CCOCCCn1cnc2c(c1=O)c1nc3ccccc3nc1n2-c1ccc(OC)cc1OC. The molecule has 0 aliphatic carbocycles. The predicted octanol–water partition coefficient (Wildman–Crippen LogP) is 3.73. The maximum atomic E-state index is 13.6. The van der Waals surface area contributed by atoms with Gasteiger partial charge in [0.2, 0.25) is 0 Å². The van der Waals surface area contributed by atoms with Crippen LogP contribution in [-0.4, -0.2) is 51.5 Å². The topological polar surface area (TPSA) is 93.3 Å². The largest absolute Gasteiger partial charge is 0.497 e. The van der Waals surface area contributed by atoms with Crippen LogP contribution in [0.1, 0.15) is 13.3 Å². The molecule has 0 fully saturated rings. The highest BCUT2D eigenvalue weighted by atomic mass is 16.5. The molecular formula is C25H25N5O4. The number of fused-ring (bicyclic) bond motifs is 4. The number of methoxy groups -OCH3 is 2. The summed E-state index contributed by atoms with van der Waals surface area (Å²) in [7, 11) is 3.19. The molecule has 0 atom stereocenters. The van der Waals surface area contributed by atoms with E-state index in [1.807, 2.05) is 47.9 Å². The molecule has 0 amide bonds. The number of hydrogen-bond acceptors (Lipinski definition) is 7. The van der Waals surface area contributed by atoms with Gasteiger partial charge in [0.1, 0.15) is 22.4 Å². The third-order valence-electron chi connectivity index (χ3n) is 5.75. The van der Waals surface area contributed by atoms with E-state index >= 15 is 0 Å². The van der Waals surface area contributed by atoms with Gasteiger partial charge in [0.25, 0.3) is 5.56 Å². The third-order valence-corrected chi connectivity index (χ3v) is 5.75. The van der Waals surface area contributed by atoms with E-state index in [9.17, 15) is 4.79 Å². The predicted molar refractivity (Wildman–Crippen MR) is 130 cm³/mol. The monoisotopic (exact) mass is 459 g/mol. The Morgan fingerprint density at radius 3 is 2.50 bits per heavy atom. The molecular weight excluding hydrogens is 434 g/mol. The third kappa shape index (κ3) is 3.63. The molecule has 0 saturated carbocycles. The first-order chi connectivity index (χ1) is 16.7. The Morgan fingerprint density at radius 2 is 1.76 bits per heavy atom. The van der Waals surface area contributed by atoms with Crippen molar-refractivity contribution in [1.29, 1.82) is 0 Å². The highest BCUT2D eigenvalue weighted by Crippen LogP contribution is 2.34. The summed E-state index contributed by atoms with van der Waals surface area (Å²) in [4.78, 5) is 28.0. The van der Waals surface area contributed by atoms with Crippen LogP contribution in [0.3, 0.4) is 0 Å². The zero-order valence-corrected chi connectivity index (χ0v) is 19.3. The molecule has 3 aromatic heterocycles. The van der Waals surface area contributed by atoms with Crippen LogP contribution in [0.25, 0.3) is 38.9 Å². The van der Waals surface area contributed by atoms with Crippen LogP contribution in [0.5, 0.6) is 11.5 Å². The number of aryl methyl sites for hydroxylation is 1. The van der Waals surface area contributed by atoms with Gasteiger partial charge in [-0.3, -0.25) is 13.9 Å². The van der Waals surface area contributed by atoms with E-state index in [1.165, 1.54) is 0 Å². The van der Waals surface area contributed by atoms with E-state index in [0.717, 1.165) is 5.52 Å². The molecule has 5 aromatic rings. The van der Waals surface area contributed by atoms with Crippen molar-refractivity contribution in [3.8, 4) is 17.2 Å². The van der Waals surface area contributed by atoms with Gasteiger partial charge >= 0.3 is 0 Å². The zero-order chi connectivity index (χ0) is 23.7. The fourth-order valence-electron chi connectivity index (χ4n) is 4.11. The van der Waals surface area contributed by atoms with Crippen molar-refractivity contribution in [2.24, 2.45) is 0 Å². The second-order valence-electron chi connectivity index (χ2n) is 7.75. The summed E-state index contributed by atoms with van der Waals surface area (Å²) >= 11 is 0. The maximum Gasteiger partial charge on any atom is 0.265 e. The van der Waals surface area contributed by atoms with E-state index in [-0.39, 0.29) is 5.56 Å². The van der Waals surface area contributed by atoms with Crippen molar-refractivity contribution < 1.29 is 14.2 Å². The van der Waals surface area contributed by atoms with Crippen molar-refractivity contribution in [1.82, 2.24) is 24.1 Å². The van der Waals surface area contributed by atoms with Crippen molar-refractivity contribution >= 4 is 33.2 Å². The average Bonchev–Trinajstić information content (AvgIpc) is 3.19. The van der Waals surface area contributed by atoms with Crippen molar-refractivity contribution in [3.63, 3.8) is 0 Å². The summed E-state index contributed by atoms with van der Waals surface area (Å²) in [6.45, 7) is 3.68. The number of hydrogen-bond donors (Lipinski definition) is 0. The van der Waals surface area contributed by atoms with E-state index in [2.05, 4.69) is 4.98 Å². The molecule has 0 aliphatic rings. The molecule has 3 heterocycles. The lowest BCUT2D eigenvalue weighted by Gasteiger charge is -2.13. The van der Waals surface area contributed by atoms with Gasteiger partial charge < -0.3 is 14.2 Å². The summed E-state index contributed by atoms with van der Waals surface area (Å²) < 4.78 is 19.9. The minimum Gasteiger partial charge on any atom is -0.497 e. The lowest BCUT2D eigenvalue weighted by molar-refractivity contribution is 0.141. The van der Waals surface area contributed by atoms with Crippen molar-refractivity contribution in [3.05, 3.63) is 59.1 Å². The molecule has 0 radical (unpaired) electrons. The Balaban J connectivity index is 1.81. The summed E-state index contributed by atoms with van der Waals surface area (Å²) in [5.74, 6) is 1.22. The molecule has 0 saturated heterocycles. The molecule has 5 rings (SSSR count). The van der Waals surface area contributed by atoms with Crippen molar-refractivity contribution in [2.45, 2.75) is 19.9 Å². The van der Waals surface area contributed by atoms with Gasteiger partial charge in [-0.15, -0.1) is 0 Å². The lowest BCUT2D eigenvalue weighted by Crippen LogP contribution is -2.21. The van der Waals surface area contributed by atoms with Crippen LogP contribution in [0.15, 0.2) is 53.6 Å². The second-order valence-corrected chi connectivity index (χ2v) is 7.75. The van der Waals surface area contributed by atoms with Crippen LogP contribution in [0, 0.1) is 0 Å². The Hall–Kier alpha value is -3.98. The highest BCUT2D eigenvalue weighted by molar-refractivity contribution is 6.06. The van der Waals surface area contributed by atoms with Crippen LogP contribution in [-0.2, 0) is 11.3 Å². The number of benzene rings is 2. The Kier molecular flexibility index (Phi) is 5.85. The van der Waals surface area contributed by atoms with Gasteiger partial charge in [-0.05, 0) is 37.6 Å². The fraction of sp³-hybridized carbons (Fsp3) is 0.280. The first-order valence-corrected chi connectivity index (χ1v) is 11.1. The van der Waals surface area contributed by atoms with Gasteiger partial charge in [0.15, 0.2) is 11.3 Å². The highest BCUT2D eigenvalue weighted by Gasteiger charge is 2.22. The average molecular weight is 460 g/mol. The van der Waals surface area contributed by atoms with Gasteiger partial charge in [-0.2, -0.15) is 0 Å². The number of nitrogens with zero attached hydrogens (tertiary/aromatic N) is 5. The fourth-order valence-corrected chi connectivity index (χ4v) is 4.11. The summed E-state index contributed by atoms with van der Waals surface area (Å²) in [5.41, 5.74) is 3.47. The first-order valence-electron chi connectivity index (χ1n) is 11.1. The number of ether oxygens (including phenoxy) is 3. The van der Waals surface area contributed by atoms with E-state index in [1.54, 1.807) is 31.2 Å². The van der Waals surface area contributed by atoms with Crippen LogP contribution < -0.4 is 15.0 Å². The normalized spacial score (nSPS) is 11.5. The van der Waals surface area contributed by atoms with Gasteiger partial charge in [-0.25, -0.2) is 15.0 Å². The number of rotatable bonds is 8. The Morgan fingerprint density at radius 1 is 0.971 bits per heavy atom. The molecule has 9 nitrogen and oxygen atoms in total. The molecule has 0 bridgehead atoms. The molecule has 0 aliphatic heterocycles. The molecule has 0 N–H and O–H groups in total. The Labute approximate surface area is 195 Å². The minimum atomic E-state index is -0.165. The molecule has 34 heavy (non-hydrogen) atoms.